The van der Waals surface area contributed by atoms with Crippen LogP contribution in [0.15, 0.2) is 34.9 Å². The summed E-state index contributed by atoms with van der Waals surface area (Å²) in [6.45, 7) is 3.55. The van der Waals surface area contributed by atoms with Gasteiger partial charge < -0.3 is 9.26 Å². The number of amides is 1. The van der Waals surface area contributed by atoms with Gasteiger partial charge >= 0.3 is 12.0 Å². The van der Waals surface area contributed by atoms with E-state index >= 15 is 0 Å². The Labute approximate surface area is 98.4 Å². The van der Waals surface area contributed by atoms with Crippen LogP contribution in [-0.2, 0) is 0 Å². The number of carbonyl (C=O) groups excluding carboxylic acids is 1. The number of para-hydroxylation sites is 1. The summed E-state index contributed by atoms with van der Waals surface area (Å²) in [5, 5.41) is 6.27. The van der Waals surface area contributed by atoms with E-state index in [0.29, 0.717) is 16.9 Å². The Morgan fingerprint density at radius 1 is 1.29 bits per heavy atom. The normalized spacial score (nSPS) is 10.0. The van der Waals surface area contributed by atoms with Gasteiger partial charge in [-0.15, -0.1) is 0 Å². The minimum Gasteiger partial charge on any atom is -0.374 e. The molecule has 2 rings (SSSR count). The predicted octanol–water partition coefficient (Wildman–Crippen LogP) is 2.90. The van der Waals surface area contributed by atoms with Gasteiger partial charge in [0, 0.05) is 5.69 Å². The van der Waals surface area contributed by atoms with Crippen LogP contribution in [0.1, 0.15) is 11.3 Å². The molecule has 1 amide bonds. The van der Waals surface area contributed by atoms with E-state index < -0.39 is 6.09 Å². The van der Waals surface area contributed by atoms with Crippen molar-refractivity contribution in [1.82, 2.24) is 5.16 Å². The highest BCUT2D eigenvalue weighted by molar-refractivity contribution is 5.86. The number of nitrogens with one attached hydrogen (secondary N) is 1. The molecule has 0 bridgehead atoms. The van der Waals surface area contributed by atoms with Crippen LogP contribution >= 0.6 is 0 Å². The number of carbonyl (C=O) groups is 1. The zero-order valence-electron chi connectivity index (χ0n) is 9.56. The van der Waals surface area contributed by atoms with Gasteiger partial charge in [0.15, 0.2) is 0 Å². The summed E-state index contributed by atoms with van der Waals surface area (Å²) >= 11 is 0. The van der Waals surface area contributed by atoms with Crippen molar-refractivity contribution in [3.63, 3.8) is 0 Å². The van der Waals surface area contributed by atoms with Gasteiger partial charge in [-0.2, -0.15) is 0 Å². The van der Waals surface area contributed by atoms with Crippen molar-refractivity contribution in [3.05, 3.63) is 41.6 Å². The van der Waals surface area contributed by atoms with Gasteiger partial charge in [0.1, 0.15) is 0 Å². The Hall–Kier alpha value is -2.30. The lowest BCUT2D eigenvalue weighted by molar-refractivity contribution is 0.194. The number of rotatable bonds is 2. The minimum absolute atomic E-state index is 0.121. The number of ether oxygens (including phenoxy) is 1. The van der Waals surface area contributed by atoms with Crippen LogP contribution < -0.4 is 10.1 Å². The molecule has 5 heteroatoms. The van der Waals surface area contributed by atoms with Crippen LogP contribution in [0.25, 0.3) is 0 Å². The lowest BCUT2D eigenvalue weighted by atomic mass is 10.3. The van der Waals surface area contributed by atoms with Gasteiger partial charge in [-0.3, -0.25) is 5.32 Å². The molecule has 0 fully saturated rings. The number of benzene rings is 1. The second-order valence-electron chi connectivity index (χ2n) is 3.56. The highest BCUT2D eigenvalue weighted by Gasteiger charge is 2.13. The lowest BCUT2D eigenvalue weighted by Crippen LogP contribution is -2.16. The Morgan fingerprint density at radius 3 is 2.59 bits per heavy atom. The SMILES string of the molecule is Cc1noc(OC(=O)Nc2ccccc2)c1C. The van der Waals surface area contributed by atoms with Crippen molar-refractivity contribution in [2.75, 3.05) is 5.32 Å². The summed E-state index contributed by atoms with van der Waals surface area (Å²) in [6, 6.07) is 9.03. The van der Waals surface area contributed by atoms with Crippen molar-refractivity contribution in [2.24, 2.45) is 0 Å². The Bertz CT molecular complexity index is 520. The molecule has 0 saturated heterocycles. The van der Waals surface area contributed by atoms with Crippen LogP contribution in [0, 0.1) is 13.8 Å². The number of hydrogen-bond donors (Lipinski definition) is 1. The van der Waals surface area contributed by atoms with Gasteiger partial charge in [0.25, 0.3) is 0 Å². The highest BCUT2D eigenvalue weighted by Crippen LogP contribution is 2.20. The summed E-state index contributed by atoms with van der Waals surface area (Å²) in [5.41, 5.74) is 2.08. The van der Waals surface area contributed by atoms with Crippen LogP contribution in [0.3, 0.4) is 0 Å². The number of aryl methyl sites for hydroxylation is 1. The van der Waals surface area contributed by atoms with E-state index in [1.165, 1.54) is 0 Å². The van der Waals surface area contributed by atoms with Crippen LogP contribution in [-0.4, -0.2) is 11.2 Å². The summed E-state index contributed by atoms with van der Waals surface area (Å²) < 4.78 is 9.86. The second-order valence-corrected chi connectivity index (χ2v) is 3.56. The zero-order chi connectivity index (χ0) is 12.3. The molecular weight excluding hydrogens is 220 g/mol. The fourth-order valence-corrected chi connectivity index (χ4v) is 1.24. The molecule has 0 atom stereocenters. The van der Waals surface area contributed by atoms with E-state index in [0.717, 1.165) is 0 Å². The molecule has 0 unspecified atom stereocenters. The second kappa shape index (κ2) is 4.69. The maximum absolute atomic E-state index is 11.5. The van der Waals surface area contributed by atoms with Crippen molar-refractivity contribution in [1.29, 1.82) is 0 Å². The molecule has 17 heavy (non-hydrogen) atoms. The Morgan fingerprint density at radius 2 is 2.00 bits per heavy atom. The summed E-state index contributed by atoms with van der Waals surface area (Å²) in [4.78, 5) is 11.5. The third-order valence-electron chi connectivity index (χ3n) is 2.32. The molecule has 0 aliphatic rings. The minimum atomic E-state index is -0.601. The van der Waals surface area contributed by atoms with Crippen molar-refractivity contribution in [3.8, 4) is 5.95 Å². The van der Waals surface area contributed by atoms with Crippen molar-refractivity contribution < 1.29 is 14.1 Å². The van der Waals surface area contributed by atoms with Gasteiger partial charge in [-0.25, -0.2) is 4.79 Å². The van der Waals surface area contributed by atoms with E-state index in [9.17, 15) is 4.79 Å². The Kier molecular flexibility index (Phi) is 3.09. The Balaban J connectivity index is 2.01. The molecule has 1 heterocycles. The van der Waals surface area contributed by atoms with Crippen LogP contribution in [0.2, 0.25) is 0 Å². The molecule has 0 aliphatic heterocycles. The van der Waals surface area contributed by atoms with Crippen LogP contribution in [0.5, 0.6) is 5.95 Å². The standard InChI is InChI=1S/C12H12N2O3/c1-8-9(2)14-17-11(8)16-12(15)13-10-6-4-3-5-7-10/h3-7H,1-2H3,(H,13,15). The zero-order valence-corrected chi connectivity index (χ0v) is 9.56. The molecule has 0 radical (unpaired) electrons. The first-order valence-electron chi connectivity index (χ1n) is 5.13. The van der Waals surface area contributed by atoms with Gasteiger partial charge in [-0.05, 0) is 26.0 Å². The molecule has 2 aromatic rings. The third kappa shape index (κ3) is 2.63. The highest BCUT2D eigenvalue weighted by atomic mass is 16.7. The molecule has 0 spiro atoms. The summed E-state index contributed by atoms with van der Waals surface area (Å²) in [7, 11) is 0. The fourth-order valence-electron chi connectivity index (χ4n) is 1.24. The first-order chi connectivity index (χ1) is 8.16. The molecule has 0 saturated carbocycles. The van der Waals surface area contributed by atoms with Crippen molar-refractivity contribution >= 4 is 11.8 Å². The number of aromatic nitrogens is 1. The van der Waals surface area contributed by atoms with E-state index in [4.69, 9.17) is 9.26 Å². The van der Waals surface area contributed by atoms with E-state index in [1.807, 2.05) is 18.2 Å². The monoisotopic (exact) mass is 232 g/mol. The molecule has 5 nitrogen and oxygen atoms in total. The average Bonchev–Trinajstić information content (AvgIpc) is 2.62. The maximum atomic E-state index is 11.5. The van der Waals surface area contributed by atoms with Gasteiger partial charge in [0.05, 0.1) is 11.3 Å². The van der Waals surface area contributed by atoms with Gasteiger partial charge in [0.2, 0.25) is 0 Å². The predicted molar refractivity (Wildman–Crippen MR) is 62.1 cm³/mol. The fraction of sp³-hybridized carbons (Fsp3) is 0.167. The lowest BCUT2D eigenvalue weighted by Gasteiger charge is -2.03. The molecule has 1 N–H and O–H groups in total. The molecule has 0 aliphatic carbocycles. The summed E-state index contributed by atoms with van der Waals surface area (Å²) in [5.74, 6) is 0.121. The van der Waals surface area contributed by atoms with E-state index in [1.54, 1.807) is 26.0 Å². The smallest absolute Gasteiger partial charge is 0.374 e. The first-order valence-corrected chi connectivity index (χ1v) is 5.13. The molecule has 88 valence electrons. The first kappa shape index (κ1) is 11.2. The van der Waals surface area contributed by atoms with E-state index in [-0.39, 0.29) is 5.95 Å². The largest absolute Gasteiger partial charge is 0.419 e. The number of hydrogen-bond acceptors (Lipinski definition) is 4. The van der Waals surface area contributed by atoms with Crippen LogP contribution in [0.4, 0.5) is 10.5 Å². The number of anilines is 1. The topological polar surface area (TPSA) is 64.4 Å². The quantitative estimate of drug-likeness (QED) is 0.864. The number of nitrogens with zero attached hydrogens (tertiary/aromatic N) is 1. The summed E-state index contributed by atoms with van der Waals surface area (Å²) in [6.07, 6.45) is -0.601. The van der Waals surface area contributed by atoms with E-state index in [2.05, 4.69) is 10.5 Å². The molecule has 1 aromatic carbocycles. The average molecular weight is 232 g/mol. The molecule has 1 aromatic heterocycles. The maximum Gasteiger partial charge on any atom is 0.419 e. The van der Waals surface area contributed by atoms with Crippen molar-refractivity contribution in [2.45, 2.75) is 13.8 Å². The van der Waals surface area contributed by atoms with Gasteiger partial charge in [-0.1, -0.05) is 23.4 Å². The third-order valence-corrected chi connectivity index (χ3v) is 2.32. The molecular formula is C12H12N2O3.